The number of rotatable bonds is 5. The van der Waals surface area contributed by atoms with E-state index in [4.69, 9.17) is 10.4 Å². The summed E-state index contributed by atoms with van der Waals surface area (Å²) in [5.74, 6) is -1.13. The highest BCUT2D eigenvalue weighted by Crippen LogP contribution is 2.02. The standard InChI is InChI=1S/C9H13NO2/c1-2-3-4-5-6-8(7-10)9(11)12/h6H,2-5H2,1H3,(H,11,12)/b8-6+. The summed E-state index contributed by atoms with van der Waals surface area (Å²) in [7, 11) is 0. The van der Waals surface area contributed by atoms with Gasteiger partial charge in [-0.1, -0.05) is 25.8 Å². The van der Waals surface area contributed by atoms with Crippen LogP contribution in [0.5, 0.6) is 0 Å². The first-order valence-electron chi connectivity index (χ1n) is 4.06. The Morgan fingerprint density at radius 2 is 2.25 bits per heavy atom. The Kier molecular flexibility index (Phi) is 5.72. The maximum atomic E-state index is 10.3. The van der Waals surface area contributed by atoms with Crippen molar-refractivity contribution in [1.29, 1.82) is 5.26 Å². The van der Waals surface area contributed by atoms with E-state index in [1.165, 1.54) is 6.08 Å². The Morgan fingerprint density at radius 1 is 1.58 bits per heavy atom. The monoisotopic (exact) mass is 167 g/mol. The summed E-state index contributed by atoms with van der Waals surface area (Å²) in [5, 5.41) is 16.8. The van der Waals surface area contributed by atoms with Crippen LogP contribution in [0.4, 0.5) is 0 Å². The SMILES string of the molecule is CCCCC/C=C(\C#N)C(=O)O. The molecule has 0 aliphatic carbocycles. The lowest BCUT2D eigenvalue weighted by Gasteiger charge is -1.92. The molecule has 0 amide bonds. The predicted octanol–water partition coefficient (Wildman–Crippen LogP) is 2.10. The molecule has 0 fully saturated rings. The van der Waals surface area contributed by atoms with Gasteiger partial charge < -0.3 is 5.11 Å². The van der Waals surface area contributed by atoms with Crippen molar-refractivity contribution in [2.24, 2.45) is 0 Å². The van der Waals surface area contributed by atoms with Gasteiger partial charge in [0.15, 0.2) is 0 Å². The molecule has 0 aromatic heterocycles. The molecule has 0 unspecified atom stereocenters. The first-order valence-corrected chi connectivity index (χ1v) is 4.06. The number of allylic oxidation sites excluding steroid dienone is 1. The van der Waals surface area contributed by atoms with E-state index in [2.05, 4.69) is 6.92 Å². The van der Waals surface area contributed by atoms with Gasteiger partial charge in [0, 0.05) is 0 Å². The summed E-state index contributed by atoms with van der Waals surface area (Å²) >= 11 is 0. The molecule has 3 heteroatoms. The van der Waals surface area contributed by atoms with Crippen molar-refractivity contribution in [2.75, 3.05) is 0 Å². The molecule has 0 heterocycles. The van der Waals surface area contributed by atoms with E-state index < -0.39 is 5.97 Å². The Labute approximate surface area is 72.3 Å². The summed E-state index contributed by atoms with van der Waals surface area (Å²) in [4.78, 5) is 10.3. The van der Waals surface area contributed by atoms with Crippen LogP contribution in [0.2, 0.25) is 0 Å². The van der Waals surface area contributed by atoms with E-state index in [1.807, 2.05) is 0 Å². The van der Waals surface area contributed by atoms with Crippen molar-refractivity contribution in [3.8, 4) is 6.07 Å². The zero-order valence-electron chi connectivity index (χ0n) is 7.21. The Morgan fingerprint density at radius 3 is 2.67 bits per heavy atom. The van der Waals surface area contributed by atoms with E-state index >= 15 is 0 Å². The van der Waals surface area contributed by atoms with Crippen molar-refractivity contribution in [1.82, 2.24) is 0 Å². The average Bonchev–Trinajstić information content (AvgIpc) is 2.04. The summed E-state index contributed by atoms with van der Waals surface area (Å²) in [6, 6.07) is 1.64. The summed E-state index contributed by atoms with van der Waals surface area (Å²) in [6.45, 7) is 2.08. The van der Waals surface area contributed by atoms with E-state index in [1.54, 1.807) is 6.07 Å². The van der Waals surface area contributed by atoms with Gasteiger partial charge in [0.2, 0.25) is 0 Å². The molecule has 0 rings (SSSR count). The molecular weight excluding hydrogens is 154 g/mol. The number of carboxylic acid groups (broad SMARTS) is 1. The number of hydrogen-bond acceptors (Lipinski definition) is 2. The van der Waals surface area contributed by atoms with Crippen LogP contribution < -0.4 is 0 Å². The van der Waals surface area contributed by atoms with Gasteiger partial charge in [0.05, 0.1) is 0 Å². The number of carbonyl (C=O) groups is 1. The Bertz CT molecular complexity index is 213. The largest absolute Gasteiger partial charge is 0.477 e. The van der Waals surface area contributed by atoms with Gasteiger partial charge in [-0.3, -0.25) is 0 Å². The summed E-state index contributed by atoms with van der Waals surface area (Å²) in [6.07, 6.45) is 5.30. The second-order valence-electron chi connectivity index (χ2n) is 2.53. The van der Waals surface area contributed by atoms with E-state index in [0.717, 1.165) is 19.3 Å². The molecule has 12 heavy (non-hydrogen) atoms. The van der Waals surface area contributed by atoms with Crippen LogP contribution >= 0.6 is 0 Å². The van der Waals surface area contributed by atoms with Gasteiger partial charge in [-0.25, -0.2) is 4.79 Å². The fourth-order valence-electron chi connectivity index (χ4n) is 0.822. The second kappa shape index (κ2) is 6.41. The van der Waals surface area contributed by atoms with Gasteiger partial charge in [-0.2, -0.15) is 5.26 Å². The quantitative estimate of drug-likeness (QED) is 0.387. The summed E-state index contributed by atoms with van der Waals surface area (Å²) < 4.78 is 0. The lowest BCUT2D eigenvalue weighted by Crippen LogP contribution is -1.97. The zero-order chi connectivity index (χ0) is 9.40. The van der Waals surface area contributed by atoms with Crippen molar-refractivity contribution in [2.45, 2.75) is 32.6 Å². The third kappa shape index (κ3) is 4.51. The molecule has 3 nitrogen and oxygen atoms in total. The number of nitriles is 1. The van der Waals surface area contributed by atoms with Crippen LogP contribution in [0.25, 0.3) is 0 Å². The van der Waals surface area contributed by atoms with Gasteiger partial charge >= 0.3 is 5.97 Å². The zero-order valence-corrected chi connectivity index (χ0v) is 7.21. The Hall–Kier alpha value is -1.30. The third-order valence-corrected chi connectivity index (χ3v) is 1.51. The molecule has 66 valence electrons. The van der Waals surface area contributed by atoms with Crippen molar-refractivity contribution in [3.63, 3.8) is 0 Å². The number of hydrogen-bond donors (Lipinski definition) is 1. The van der Waals surface area contributed by atoms with E-state index in [0.29, 0.717) is 6.42 Å². The molecule has 1 N–H and O–H groups in total. The van der Waals surface area contributed by atoms with Crippen LogP contribution in [0, 0.1) is 11.3 Å². The van der Waals surface area contributed by atoms with Gasteiger partial charge in [-0.05, 0) is 12.8 Å². The highest BCUT2D eigenvalue weighted by Gasteiger charge is 2.03. The average molecular weight is 167 g/mol. The summed E-state index contributed by atoms with van der Waals surface area (Å²) in [5.41, 5.74) is -0.147. The molecular formula is C9H13NO2. The molecule has 0 radical (unpaired) electrons. The maximum Gasteiger partial charge on any atom is 0.346 e. The van der Waals surface area contributed by atoms with Crippen LogP contribution in [0.15, 0.2) is 11.6 Å². The fourth-order valence-corrected chi connectivity index (χ4v) is 0.822. The van der Waals surface area contributed by atoms with E-state index in [-0.39, 0.29) is 5.57 Å². The van der Waals surface area contributed by atoms with Crippen LogP contribution in [0.3, 0.4) is 0 Å². The molecule has 0 aliphatic heterocycles. The van der Waals surface area contributed by atoms with E-state index in [9.17, 15) is 4.79 Å². The first kappa shape index (κ1) is 10.7. The molecule has 0 saturated carbocycles. The normalized spacial score (nSPS) is 10.8. The minimum atomic E-state index is -1.13. The molecule has 0 aromatic rings. The molecule has 0 aliphatic rings. The van der Waals surface area contributed by atoms with Gasteiger partial charge in [0.1, 0.15) is 11.6 Å². The molecule has 0 bridgehead atoms. The van der Waals surface area contributed by atoms with Crippen molar-refractivity contribution in [3.05, 3.63) is 11.6 Å². The first-order chi connectivity index (χ1) is 5.72. The molecule has 0 atom stereocenters. The number of unbranched alkanes of at least 4 members (excludes halogenated alkanes) is 3. The number of aliphatic carboxylic acids is 1. The topological polar surface area (TPSA) is 61.1 Å². The van der Waals surface area contributed by atoms with Crippen LogP contribution in [-0.2, 0) is 4.79 Å². The lowest BCUT2D eigenvalue weighted by atomic mass is 10.1. The van der Waals surface area contributed by atoms with Gasteiger partial charge in [0.25, 0.3) is 0 Å². The van der Waals surface area contributed by atoms with Gasteiger partial charge in [-0.15, -0.1) is 0 Å². The lowest BCUT2D eigenvalue weighted by molar-refractivity contribution is -0.132. The predicted molar refractivity (Wildman–Crippen MR) is 45.5 cm³/mol. The minimum absolute atomic E-state index is 0.147. The molecule has 0 saturated heterocycles. The van der Waals surface area contributed by atoms with Crippen LogP contribution in [0.1, 0.15) is 32.6 Å². The number of nitrogens with zero attached hydrogens (tertiary/aromatic N) is 1. The highest BCUT2D eigenvalue weighted by atomic mass is 16.4. The molecule has 0 aromatic carbocycles. The minimum Gasteiger partial charge on any atom is -0.477 e. The third-order valence-electron chi connectivity index (χ3n) is 1.51. The fraction of sp³-hybridized carbons (Fsp3) is 0.556. The highest BCUT2D eigenvalue weighted by molar-refractivity contribution is 5.90. The molecule has 0 spiro atoms. The van der Waals surface area contributed by atoms with Crippen LogP contribution in [-0.4, -0.2) is 11.1 Å². The Balaban J connectivity index is 3.81. The van der Waals surface area contributed by atoms with Crippen molar-refractivity contribution >= 4 is 5.97 Å². The van der Waals surface area contributed by atoms with Crippen molar-refractivity contribution < 1.29 is 9.90 Å². The second-order valence-corrected chi connectivity index (χ2v) is 2.53. The number of carboxylic acids is 1. The smallest absolute Gasteiger partial charge is 0.346 e. The maximum absolute atomic E-state index is 10.3.